The molecule has 41 heavy (non-hydrogen) atoms. The van der Waals surface area contributed by atoms with Crippen molar-refractivity contribution in [2.24, 2.45) is 0 Å². The van der Waals surface area contributed by atoms with Gasteiger partial charge in [0.25, 0.3) is 0 Å². The number of benzene rings is 2. The summed E-state index contributed by atoms with van der Waals surface area (Å²) >= 11 is 0. The second-order valence-corrected chi connectivity index (χ2v) is 9.84. The van der Waals surface area contributed by atoms with E-state index in [1.807, 2.05) is 0 Å². The average Bonchev–Trinajstić information content (AvgIpc) is 2.93. The van der Waals surface area contributed by atoms with Crippen LogP contribution in [0.2, 0.25) is 0 Å². The van der Waals surface area contributed by atoms with Gasteiger partial charge < -0.3 is 74.8 Å². The van der Waals surface area contributed by atoms with Gasteiger partial charge in [-0.25, -0.2) is 0 Å². The van der Waals surface area contributed by atoms with Crippen LogP contribution in [-0.2, 0) is 9.47 Å². The average molecular weight is 584 g/mol. The minimum Gasteiger partial charge on any atom is -0.507 e. The number of hydrogen-bond acceptors (Lipinski definition) is 16. The number of phenolic OH excluding ortho intramolecular Hbond substituents is 3. The molecule has 16 heteroatoms. The highest BCUT2D eigenvalue weighted by Gasteiger charge is 2.47. The van der Waals surface area contributed by atoms with Crippen molar-refractivity contribution in [3.05, 3.63) is 34.0 Å². The molecule has 224 valence electrons. The SMILES string of the molecule is O=c1c2cc(O)c(O[C@H]3O[C@H](CO)[C@@H](O)[C@H](O)[C@@H]3O)cc2oc2cc(O)c([C@H]3O[C@H](CO)[C@@H](O)[C@H](O)[C@@H]3O)c(O)c12. The van der Waals surface area contributed by atoms with E-state index in [0.29, 0.717) is 0 Å². The molecule has 0 bridgehead atoms. The third-order valence-corrected chi connectivity index (χ3v) is 7.30. The van der Waals surface area contributed by atoms with Crippen LogP contribution in [0.25, 0.3) is 21.9 Å². The summed E-state index contributed by atoms with van der Waals surface area (Å²) in [5.74, 6) is -2.72. The lowest BCUT2D eigenvalue weighted by Crippen LogP contribution is -2.60. The largest absolute Gasteiger partial charge is 0.507 e. The molecule has 0 amide bonds. The van der Waals surface area contributed by atoms with Gasteiger partial charge in [0, 0.05) is 12.1 Å². The van der Waals surface area contributed by atoms with Crippen LogP contribution in [0, 0.1) is 0 Å². The van der Waals surface area contributed by atoms with E-state index in [4.69, 9.17) is 18.6 Å². The van der Waals surface area contributed by atoms with Crippen molar-refractivity contribution in [2.45, 2.75) is 61.2 Å². The maximum atomic E-state index is 13.4. The topological polar surface area (TPSA) is 280 Å². The molecule has 0 spiro atoms. The predicted molar refractivity (Wildman–Crippen MR) is 132 cm³/mol. The standard InChI is InChI=1S/C25H28O16/c26-4-12-17(31)20(34)22(36)24(39-12)14-8(29)2-11-15(19(14)33)16(30)6-1-7(28)10(3-9(6)38-11)40-25-23(37)21(35)18(32)13(5-27)41-25/h1-3,12-13,17-18,20-29,31-37H,4-5H2/t12-,13-,17-,18-,20+,21+,22+,23+,24-,25+/m1/s1. The summed E-state index contributed by atoms with van der Waals surface area (Å²) in [6.07, 6.45) is -16.7. The van der Waals surface area contributed by atoms with Crippen LogP contribution < -0.4 is 10.2 Å². The first-order chi connectivity index (χ1) is 19.4. The molecule has 1 aromatic heterocycles. The first kappa shape index (κ1) is 29.2. The van der Waals surface area contributed by atoms with Crippen molar-refractivity contribution in [3.63, 3.8) is 0 Å². The molecule has 2 aliphatic heterocycles. The van der Waals surface area contributed by atoms with Crippen LogP contribution >= 0.6 is 0 Å². The highest BCUT2D eigenvalue weighted by molar-refractivity contribution is 5.96. The lowest BCUT2D eigenvalue weighted by atomic mass is 9.89. The summed E-state index contributed by atoms with van der Waals surface area (Å²) in [5.41, 5.74) is -2.05. The molecule has 0 unspecified atom stereocenters. The summed E-state index contributed by atoms with van der Waals surface area (Å²) in [7, 11) is 0. The first-order valence-electron chi connectivity index (χ1n) is 12.4. The highest BCUT2D eigenvalue weighted by Crippen LogP contribution is 2.45. The van der Waals surface area contributed by atoms with E-state index in [2.05, 4.69) is 0 Å². The second-order valence-electron chi connectivity index (χ2n) is 9.84. The number of fused-ring (bicyclic) bond motifs is 2. The number of rotatable bonds is 5. The molecule has 2 saturated heterocycles. The third kappa shape index (κ3) is 4.73. The van der Waals surface area contributed by atoms with Crippen molar-refractivity contribution in [1.82, 2.24) is 0 Å². The normalized spacial score (nSPS) is 34.2. The summed E-state index contributed by atoms with van der Waals surface area (Å²) in [6, 6.07) is 2.84. The Balaban J connectivity index is 1.57. The Bertz CT molecular complexity index is 1500. The number of aliphatic hydroxyl groups is 8. The smallest absolute Gasteiger partial charge is 0.229 e. The van der Waals surface area contributed by atoms with E-state index in [1.165, 1.54) is 0 Å². The molecule has 0 radical (unpaired) electrons. The van der Waals surface area contributed by atoms with Crippen molar-refractivity contribution in [1.29, 1.82) is 0 Å². The van der Waals surface area contributed by atoms with Crippen LogP contribution in [0.3, 0.4) is 0 Å². The van der Waals surface area contributed by atoms with Gasteiger partial charge in [-0.3, -0.25) is 4.79 Å². The molecule has 2 aromatic carbocycles. The fourth-order valence-corrected chi connectivity index (χ4v) is 5.02. The van der Waals surface area contributed by atoms with E-state index >= 15 is 0 Å². The minimum absolute atomic E-state index is 0.237. The number of phenols is 3. The van der Waals surface area contributed by atoms with E-state index < -0.39 is 114 Å². The Morgan fingerprint density at radius 3 is 1.95 bits per heavy atom. The predicted octanol–water partition coefficient (Wildman–Crippen LogP) is -3.24. The number of aromatic hydroxyl groups is 3. The molecule has 10 atom stereocenters. The molecule has 3 heterocycles. The molecule has 0 saturated carbocycles. The van der Waals surface area contributed by atoms with Gasteiger partial charge in [-0.1, -0.05) is 0 Å². The molecule has 3 aromatic rings. The Labute approximate surface area is 228 Å². The summed E-state index contributed by atoms with van der Waals surface area (Å²) in [6.45, 7) is -1.51. The fourth-order valence-electron chi connectivity index (χ4n) is 5.02. The monoisotopic (exact) mass is 584 g/mol. The zero-order chi connectivity index (χ0) is 29.9. The Kier molecular flexibility index (Phi) is 7.72. The molecule has 5 rings (SSSR count). The number of ether oxygens (including phenoxy) is 3. The van der Waals surface area contributed by atoms with Gasteiger partial charge >= 0.3 is 0 Å². The van der Waals surface area contributed by atoms with Crippen LogP contribution in [0.5, 0.6) is 23.0 Å². The highest BCUT2D eigenvalue weighted by atomic mass is 16.7. The molecule has 2 fully saturated rings. The lowest BCUT2D eigenvalue weighted by Gasteiger charge is -2.40. The Morgan fingerprint density at radius 1 is 0.707 bits per heavy atom. The van der Waals surface area contributed by atoms with E-state index in [0.717, 1.165) is 18.2 Å². The fraction of sp³-hybridized carbons (Fsp3) is 0.480. The summed E-state index contributed by atoms with van der Waals surface area (Å²) < 4.78 is 21.7. The van der Waals surface area contributed by atoms with E-state index in [9.17, 15) is 61.0 Å². The van der Waals surface area contributed by atoms with Gasteiger partial charge in [-0.15, -0.1) is 0 Å². The summed E-state index contributed by atoms with van der Waals surface area (Å²) in [4.78, 5) is 13.4. The van der Waals surface area contributed by atoms with Gasteiger partial charge in [0.15, 0.2) is 11.5 Å². The Hall–Kier alpha value is -3.29. The molecule has 0 aliphatic carbocycles. The minimum atomic E-state index is -1.89. The Morgan fingerprint density at radius 2 is 1.32 bits per heavy atom. The van der Waals surface area contributed by atoms with Gasteiger partial charge in [-0.2, -0.15) is 0 Å². The molecule has 11 N–H and O–H groups in total. The van der Waals surface area contributed by atoms with E-state index in [1.54, 1.807) is 0 Å². The quantitative estimate of drug-likeness (QED) is 0.131. The zero-order valence-electron chi connectivity index (χ0n) is 20.9. The van der Waals surface area contributed by atoms with Gasteiger partial charge in [0.2, 0.25) is 11.7 Å². The van der Waals surface area contributed by atoms with E-state index in [-0.39, 0.29) is 16.6 Å². The van der Waals surface area contributed by atoms with Crippen molar-refractivity contribution in [3.8, 4) is 23.0 Å². The maximum Gasteiger partial charge on any atom is 0.229 e. The molecular formula is C25H28O16. The lowest BCUT2D eigenvalue weighted by molar-refractivity contribution is -0.277. The van der Waals surface area contributed by atoms with Crippen LogP contribution in [0.15, 0.2) is 27.4 Å². The van der Waals surface area contributed by atoms with Crippen molar-refractivity contribution >= 4 is 21.9 Å². The van der Waals surface area contributed by atoms with Crippen LogP contribution in [0.1, 0.15) is 11.7 Å². The zero-order valence-corrected chi connectivity index (χ0v) is 20.9. The van der Waals surface area contributed by atoms with Crippen molar-refractivity contribution < 1.29 is 74.8 Å². The molecule has 2 aliphatic rings. The maximum absolute atomic E-state index is 13.4. The van der Waals surface area contributed by atoms with Gasteiger partial charge in [-0.05, 0) is 6.07 Å². The van der Waals surface area contributed by atoms with Crippen LogP contribution in [0.4, 0.5) is 0 Å². The number of aliphatic hydroxyl groups excluding tert-OH is 8. The summed E-state index contributed by atoms with van der Waals surface area (Å²) in [5, 5.41) is 111. The van der Waals surface area contributed by atoms with Gasteiger partial charge in [0.1, 0.15) is 83.0 Å². The van der Waals surface area contributed by atoms with Gasteiger partial charge in [0.05, 0.1) is 24.2 Å². The second kappa shape index (κ2) is 10.8. The van der Waals surface area contributed by atoms with Crippen LogP contribution in [-0.4, -0.2) is 125 Å². The third-order valence-electron chi connectivity index (χ3n) is 7.30. The molecular weight excluding hydrogens is 556 g/mol. The molecule has 16 nitrogen and oxygen atoms in total. The number of hydrogen-bond donors (Lipinski definition) is 11. The van der Waals surface area contributed by atoms with Crippen molar-refractivity contribution in [2.75, 3.05) is 13.2 Å². The first-order valence-corrected chi connectivity index (χ1v) is 12.4.